The quantitative estimate of drug-likeness (QED) is 0.675. The van der Waals surface area contributed by atoms with Gasteiger partial charge in [0.25, 0.3) is 0 Å². The van der Waals surface area contributed by atoms with E-state index < -0.39 is 10.0 Å². The highest BCUT2D eigenvalue weighted by Gasteiger charge is 2.20. The summed E-state index contributed by atoms with van der Waals surface area (Å²) in [4.78, 5) is 4.78. The lowest BCUT2D eigenvalue weighted by atomic mass is 10.1. The first-order valence-electron chi connectivity index (χ1n) is 9.73. The molecule has 0 atom stereocenters. The Bertz CT molecular complexity index is 1070. The summed E-state index contributed by atoms with van der Waals surface area (Å²) >= 11 is 0. The zero-order valence-corrected chi connectivity index (χ0v) is 16.9. The summed E-state index contributed by atoms with van der Waals surface area (Å²) in [5.41, 5.74) is 1.02. The van der Waals surface area contributed by atoms with Crippen molar-refractivity contribution in [2.45, 2.75) is 4.90 Å². The molecule has 7 heteroatoms. The van der Waals surface area contributed by atoms with Gasteiger partial charge in [-0.15, -0.1) is 0 Å². The van der Waals surface area contributed by atoms with Crippen LogP contribution in [0.4, 0.5) is 10.1 Å². The molecule has 1 saturated heterocycles. The van der Waals surface area contributed by atoms with Crippen molar-refractivity contribution in [3.05, 3.63) is 72.5 Å². The minimum Gasteiger partial charge on any atom is -0.369 e. The standard InChI is InChI=1S/C22H24FN3O2S/c23-19-8-10-20(11-9-19)26-16-14-25(15-17-26)13-12-24-29(27,28)22-7-3-5-18-4-1-2-6-21(18)22/h1-11,24H,12-17H2. The zero-order chi connectivity index (χ0) is 20.3. The smallest absolute Gasteiger partial charge is 0.241 e. The molecule has 0 spiro atoms. The Labute approximate surface area is 170 Å². The molecule has 0 aromatic heterocycles. The lowest BCUT2D eigenvalue weighted by Crippen LogP contribution is -2.48. The molecule has 0 saturated carbocycles. The number of fused-ring (bicyclic) bond motifs is 1. The molecule has 1 aliphatic rings. The van der Waals surface area contributed by atoms with Crippen molar-refractivity contribution in [1.82, 2.24) is 9.62 Å². The Balaban J connectivity index is 1.32. The molecule has 4 rings (SSSR count). The van der Waals surface area contributed by atoms with Crippen molar-refractivity contribution in [3.8, 4) is 0 Å². The first-order chi connectivity index (χ1) is 14.0. The van der Waals surface area contributed by atoms with Crippen LogP contribution < -0.4 is 9.62 Å². The summed E-state index contributed by atoms with van der Waals surface area (Å²) in [5, 5.41) is 1.64. The Kier molecular flexibility index (Phi) is 5.80. The number of piperazine rings is 1. The van der Waals surface area contributed by atoms with Gasteiger partial charge in [0.2, 0.25) is 10.0 Å². The molecule has 5 nitrogen and oxygen atoms in total. The van der Waals surface area contributed by atoms with E-state index in [1.54, 1.807) is 24.3 Å². The lowest BCUT2D eigenvalue weighted by Gasteiger charge is -2.36. The van der Waals surface area contributed by atoms with Gasteiger partial charge in [-0.3, -0.25) is 4.90 Å². The molecule has 0 unspecified atom stereocenters. The van der Waals surface area contributed by atoms with E-state index in [-0.39, 0.29) is 5.82 Å². The maximum atomic E-state index is 13.1. The predicted molar refractivity (Wildman–Crippen MR) is 114 cm³/mol. The van der Waals surface area contributed by atoms with Gasteiger partial charge in [0.15, 0.2) is 0 Å². The number of nitrogens with one attached hydrogen (secondary N) is 1. The molecule has 0 aliphatic carbocycles. The minimum absolute atomic E-state index is 0.231. The minimum atomic E-state index is -3.57. The van der Waals surface area contributed by atoms with Crippen LogP contribution in [-0.4, -0.2) is 52.6 Å². The van der Waals surface area contributed by atoms with E-state index in [2.05, 4.69) is 14.5 Å². The third kappa shape index (κ3) is 4.58. The third-order valence-electron chi connectivity index (χ3n) is 5.32. The van der Waals surface area contributed by atoms with E-state index in [9.17, 15) is 12.8 Å². The molecule has 3 aromatic carbocycles. The molecule has 1 N–H and O–H groups in total. The summed E-state index contributed by atoms with van der Waals surface area (Å²) in [6, 6.07) is 19.4. The largest absolute Gasteiger partial charge is 0.369 e. The number of nitrogens with zero attached hydrogens (tertiary/aromatic N) is 2. The van der Waals surface area contributed by atoms with Gasteiger partial charge in [0, 0.05) is 50.3 Å². The second-order valence-electron chi connectivity index (χ2n) is 7.18. The zero-order valence-electron chi connectivity index (χ0n) is 16.1. The van der Waals surface area contributed by atoms with E-state index in [0.717, 1.165) is 42.6 Å². The Morgan fingerprint density at radius 2 is 1.55 bits per heavy atom. The van der Waals surface area contributed by atoms with E-state index in [1.165, 1.54) is 12.1 Å². The molecule has 1 fully saturated rings. The van der Waals surface area contributed by atoms with Crippen LogP contribution in [0.2, 0.25) is 0 Å². The Morgan fingerprint density at radius 1 is 0.862 bits per heavy atom. The molecule has 152 valence electrons. The van der Waals surface area contributed by atoms with Gasteiger partial charge in [-0.05, 0) is 35.7 Å². The highest BCUT2D eigenvalue weighted by molar-refractivity contribution is 7.89. The number of sulfonamides is 1. The summed E-state index contributed by atoms with van der Waals surface area (Å²) in [5.74, 6) is -0.231. The fourth-order valence-electron chi connectivity index (χ4n) is 3.73. The topological polar surface area (TPSA) is 52.7 Å². The van der Waals surface area contributed by atoms with Crippen molar-refractivity contribution in [3.63, 3.8) is 0 Å². The number of hydrogen-bond donors (Lipinski definition) is 1. The molecular weight excluding hydrogens is 389 g/mol. The van der Waals surface area contributed by atoms with Gasteiger partial charge in [0.1, 0.15) is 5.82 Å². The van der Waals surface area contributed by atoms with E-state index in [0.29, 0.717) is 18.0 Å². The number of anilines is 1. The molecule has 0 radical (unpaired) electrons. The normalized spacial score (nSPS) is 15.7. The number of benzene rings is 3. The fraction of sp³-hybridized carbons (Fsp3) is 0.273. The third-order valence-corrected chi connectivity index (χ3v) is 6.84. The van der Waals surface area contributed by atoms with Crippen LogP contribution in [-0.2, 0) is 10.0 Å². The summed E-state index contributed by atoms with van der Waals surface area (Å²) in [6.07, 6.45) is 0. The summed E-state index contributed by atoms with van der Waals surface area (Å²) < 4.78 is 41.4. The second kappa shape index (κ2) is 8.49. The second-order valence-corrected chi connectivity index (χ2v) is 8.92. The number of rotatable bonds is 6. The molecule has 29 heavy (non-hydrogen) atoms. The van der Waals surface area contributed by atoms with Gasteiger partial charge in [-0.1, -0.05) is 36.4 Å². The van der Waals surface area contributed by atoms with Crippen LogP contribution in [0.15, 0.2) is 71.6 Å². The summed E-state index contributed by atoms with van der Waals surface area (Å²) in [7, 11) is -3.57. The average molecular weight is 414 g/mol. The molecule has 3 aromatic rings. The Morgan fingerprint density at radius 3 is 2.31 bits per heavy atom. The molecule has 1 aliphatic heterocycles. The maximum absolute atomic E-state index is 13.1. The van der Waals surface area contributed by atoms with E-state index in [4.69, 9.17) is 0 Å². The van der Waals surface area contributed by atoms with Gasteiger partial charge < -0.3 is 4.90 Å². The van der Waals surface area contributed by atoms with Crippen molar-refractivity contribution in [2.75, 3.05) is 44.2 Å². The van der Waals surface area contributed by atoms with Crippen LogP contribution in [0.3, 0.4) is 0 Å². The maximum Gasteiger partial charge on any atom is 0.241 e. The SMILES string of the molecule is O=S(=O)(NCCN1CCN(c2ccc(F)cc2)CC1)c1cccc2ccccc12. The Hall–Kier alpha value is -2.48. The highest BCUT2D eigenvalue weighted by Crippen LogP contribution is 2.22. The van der Waals surface area contributed by atoms with Crippen molar-refractivity contribution >= 4 is 26.5 Å². The van der Waals surface area contributed by atoms with Crippen molar-refractivity contribution in [1.29, 1.82) is 0 Å². The number of halogens is 1. The average Bonchev–Trinajstić information content (AvgIpc) is 2.74. The van der Waals surface area contributed by atoms with Crippen LogP contribution >= 0.6 is 0 Å². The molecular formula is C22H24FN3O2S. The van der Waals surface area contributed by atoms with Gasteiger partial charge >= 0.3 is 0 Å². The van der Waals surface area contributed by atoms with Crippen LogP contribution in [0.5, 0.6) is 0 Å². The summed E-state index contributed by atoms with van der Waals surface area (Å²) in [6.45, 7) is 4.37. The molecule has 0 amide bonds. The van der Waals surface area contributed by atoms with Crippen molar-refractivity contribution in [2.24, 2.45) is 0 Å². The highest BCUT2D eigenvalue weighted by atomic mass is 32.2. The van der Waals surface area contributed by atoms with Gasteiger partial charge in [-0.2, -0.15) is 0 Å². The van der Waals surface area contributed by atoms with E-state index in [1.807, 2.05) is 30.3 Å². The van der Waals surface area contributed by atoms with Crippen LogP contribution in [0.25, 0.3) is 10.8 Å². The van der Waals surface area contributed by atoms with Gasteiger partial charge in [-0.25, -0.2) is 17.5 Å². The van der Waals surface area contributed by atoms with Gasteiger partial charge in [0.05, 0.1) is 4.90 Å². The first kappa shape index (κ1) is 19.8. The molecule has 1 heterocycles. The monoisotopic (exact) mass is 413 g/mol. The fourth-order valence-corrected chi connectivity index (χ4v) is 4.98. The predicted octanol–water partition coefficient (Wildman–Crippen LogP) is 3.08. The van der Waals surface area contributed by atoms with Crippen molar-refractivity contribution < 1.29 is 12.8 Å². The molecule has 0 bridgehead atoms. The lowest BCUT2D eigenvalue weighted by molar-refractivity contribution is 0.262. The first-order valence-corrected chi connectivity index (χ1v) is 11.2. The van der Waals surface area contributed by atoms with E-state index >= 15 is 0 Å². The van der Waals surface area contributed by atoms with Crippen LogP contribution in [0, 0.1) is 5.82 Å². The van der Waals surface area contributed by atoms with Crippen LogP contribution in [0.1, 0.15) is 0 Å². The number of hydrogen-bond acceptors (Lipinski definition) is 4.